The Labute approximate surface area is 203 Å². The van der Waals surface area contributed by atoms with Gasteiger partial charge < -0.3 is 0 Å². The molecule has 0 radical (unpaired) electrons. The Morgan fingerprint density at radius 1 is 0.636 bits per heavy atom. The predicted octanol–water partition coefficient (Wildman–Crippen LogP) is 9.55. The third-order valence-corrected chi connectivity index (χ3v) is 6.37. The van der Waals surface area contributed by atoms with E-state index in [-0.39, 0.29) is 0 Å². The van der Waals surface area contributed by atoms with E-state index in [0.717, 1.165) is 67.7 Å². The standard InChI is InChI=1S/C31H46N2/c1-7-12-15-25-20-26(16-13-8-2)22-30(21-25)32-24(6)31(17-14-9-3)33-29-19-18-27(10-4)28(11-5)23-29/h18-23H,7-17H2,1-6H3. The summed E-state index contributed by atoms with van der Waals surface area (Å²) in [5.41, 5.74) is 10.0. The van der Waals surface area contributed by atoms with E-state index in [4.69, 9.17) is 9.98 Å². The van der Waals surface area contributed by atoms with Crippen LogP contribution in [0.3, 0.4) is 0 Å². The molecule has 2 aromatic rings. The van der Waals surface area contributed by atoms with Gasteiger partial charge in [-0.3, -0.25) is 9.98 Å². The Bertz CT molecular complexity index is 894. The summed E-state index contributed by atoms with van der Waals surface area (Å²) in [7, 11) is 0. The number of aryl methyl sites for hydroxylation is 4. The Morgan fingerprint density at radius 3 is 1.79 bits per heavy atom. The van der Waals surface area contributed by atoms with Crippen LogP contribution < -0.4 is 0 Å². The minimum Gasteiger partial charge on any atom is -0.252 e. The van der Waals surface area contributed by atoms with Crippen molar-refractivity contribution in [1.82, 2.24) is 0 Å². The summed E-state index contributed by atoms with van der Waals surface area (Å²) < 4.78 is 0. The first-order chi connectivity index (χ1) is 16.0. The zero-order valence-corrected chi connectivity index (χ0v) is 22.1. The van der Waals surface area contributed by atoms with Gasteiger partial charge in [0.2, 0.25) is 0 Å². The molecule has 0 saturated heterocycles. The average molecular weight is 447 g/mol. The van der Waals surface area contributed by atoms with E-state index in [2.05, 4.69) is 77.9 Å². The minimum atomic E-state index is 0.973. The maximum atomic E-state index is 5.11. The fourth-order valence-electron chi connectivity index (χ4n) is 4.29. The maximum Gasteiger partial charge on any atom is 0.0639 e. The first-order valence-corrected chi connectivity index (χ1v) is 13.4. The summed E-state index contributed by atoms with van der Waals surface area (Å²) in [5, 5.41) is 0. The molecule has 0 heterocycles. The zero-order valence-electron chi connectivity index (χ0n) is 22.1. The second-order valence-electron chi connectivity index (χ2n) is 9.23. The SMILES string of the molecule is CCCCC(=Nc1ccc(CC)c(CC)c1)C(C)=Nc1cc(CCCC)cc(CCCC)c1. The van der Waals surface area contributed by atoms with Crippen LogP contribution in [-0.2, 0) is 25.7 Å². The highest BCUT2D eigenvalue weighted by atomic mass is 14.8. The molecule has 2 nitrogen and oxygen atoms in total. The van der Waals surface area contributed by atoms with Crippen LogP contribution in [0.5, 0.6) is 0 Å². The lowest BCUT2D eigenvalue weighted by Gasteiger charge is -2.11. The molecule has 0 aliphatic carbocycles. The van der Waals surface area contributed by atoms with Gasteiger partial charge in [-0.15, -0.1) is 0 Å². The molecule has 0 spiro atoms. The first kappa shape index (κ1) is 27.0. The summed E-state index contributed by atoms with van der Waals surface area (Å²) in [6.07, 6.45) is 12.6. The normalized spacial score (nSPS) is 12.4. The minimum absolute atomic E-state index is 0.973. The smallest absolute Gasteiger partial charge is 0.0639 e. The van der Waals surface area contributed by atoms with Gasteiger partial charge in [0.25, 0.3) is 0 Å². The molecule has 0 aromatic heterocycles. The summed E-state index contributed by atoms with van der Waals surface area (Å²) in [4.78, 5) is 10.2. The summed E-state index contributed by atoms with van der Waals surface area (Å²) in [5.74, 6) is 0. The number of hydrogen-bond donors (Lipinski definition) is 0. The second-order valence-corrected chi connectivity index (χ2v) is 9.23. The van der Waals surface area contributed by atoms with Crippen LogP contribution in [0, 0.1) is 0 Å². The quantitative estimate of drug-likeness (QED) is 0.258. The molecule has 0 saturated carbocycles. The number of rotatable bonds is 14. The molecule has 0 amide bonds. The third-order valence-electron chi connectivity index (χ3n) is 6.37. The van der Waals surface area contributed by atoms with Crippen molar-refractivity contribution >= 4 is 22.8 Å². The van der Waals surface area contributed by atoms with Crippen LogP contribution in [0.1, 0.15) is 109 Å². The number of nitrogens with zero attached hydrogens (tertiary/aromatic N) is 2. The molecular formula is C31H46N2. The fourth-order valence-corrected chi connectivity index (χ4v) is 4.29. The lowest BCUT2D eigenvalue weighted by atomic mass is 10.0. The summed E-state index contributed by atoms with van der Waals surface area (Å²) in [6.45, 7) is 13.4. The van der Waals surface area contributed by atoms with Gasteiger partial charge in [-0.05, 0) is 105 Å². The molecule has 33 heavy (non-hydrogen) atoms. The summed E-state index contributed by atoms with van der Waals surface area (Å²) >= 11 is 0. The molecule has 2 heteroatoms. The van der Waals surface area contributed by atoms with E-state index in [9.17, 15) is 0 Å². The lowest BCUT2D eigenvalue weighted by Crippen LogP contribution is -2.10. The Kier molecular flexibility index (Phi) is 12.1. The molecule has 0 aliphatic heterocycles. The highest BCUT2D eigenvalue weighted by molar-refractivity contribution is 6.42. The van der Waals surface area contributed by atoms with E-state index in [1.807, 2.05) is 0 Å². The highest BCUT2D eigenvalue weighted by Gasteiger charge is 2.08. The van der Waals surface area contributed by atoms with Gasteiger partial charge >= 0.3 is 0 Å². The number of hydrogen-bond acceptors (Lipinski definition) is 2. The number of unbranched alkanes of at least 4 members (excludes halogenated alkanes) is 3. The van der Waals surface area contributed by atoms with E-state index >= 15 is 0 Å². The van der Waals surface area contributed by atoms with Gasteiger partial charge in [0, 0.05) is 0 Å². The topological polar surface area (TPSA) is 24.7 Å². The van der Waals surface area contributed by atoms with Crippen molar-refractivity contribution < 1.29 is 0 Å². The molecule has 0 unspecified atom stereocenters. The molecule has 2 rings (SSSR count). The van der Waals surface area contributed by atoms with Gasteiger partial charge in [0.15, 0.2) is 0 Å². The van der Waals surface area contributed by atoms with Crippen molar-refractivity contribution in [2.24, 2.45) is 9.98 Å². The molecule has 0 atom stereocenters. The highest BCUT2D eigenvalue weighted by Crippen LogP contribution is 2.24. The Morgan fingerprint density at radius 2 is 1.24 bits per heavy atom. The van der Waals surface area contributed by atoms with Crippen LogP contribution in [0.15, 0.2) is 46.4 Å². The van der Waals surface area contributed by atoms with Gasteiger partial charge in [0.05, 0.1) is 22.8 Å². The van der Waals surface area contributed by atoms with Crippen molar-refractivity contribution in [2.75, 3.05) is 0 Å². The van der Waals surface area contributed by atoms with E-state index in [1.54, 1.807) is 0 Å². The van der Waals surface area contributed by atoms with Gasteiger partial charge in [-0.1, -0.05) is 66.0 Å². The molecule has 0 bridgehead atoms. The number of aliphatic imine (C=N–C) groups is 2. The Hall–Kier alpha value is -2.22. The van der Waals surface area contributed by atoms with Crippen molar-refractivity contribution in [3.05, 3.63) is 58.7 Å². The lowest BCUT2D eigenvalue weighted by molar-refractivity contribution is 0.780. The zero-order chi connectivity index (χ0) is 24.1. The molecular weight excluding hydrogens is 400 g/mol. The van der Waals surface area contributed by atoms with Gasteiger partial charge in [-0.2, -0.15) is 0 Å². The van der Waals surface area contributed by atoms with E-state index < -0.39 is 0 Å². The van der Waals surface area contributed by atoms with Crippen LogP contribution in [0.4, 0.5) is 11.4 Å². The van der Waals surface area contributed by atoms with Crippen molar-refractivity contribution in [3.8, 4) is 0 Å². The van der Waals surface area contributed by atoms with Crippen LogP contribution in [-0.4, -0.2) is 11.4 Å². The predicted molar refractivity (Wildman–Crippen MR) is 148 cm³/mol. The first-order valence-electron chi connectivity index (χ1n) is 13.4. The molecule has 0 aliphatic rings. The molecule has 2 aromatic carbocycles. The molecule has 180 valence electrons. The van der Waals surface area contributed by atoms with Gasteiger partial charge in [0.1, 0.15) is 0 Å². The van der Waals surface area contributed by atoms with Crippen molar-refractivity contribution in [3.63, 3.8) is 0 Å². The summed E-state index contributed by atoms with van der Waals surface area (Å²) in [6, 6.07) is 13.7. The molecule has 0 fully saturated rings. The van der Waals surface area contributed by atoms with E-state index in [0.29, 0.717) is 0 Å². The maximum absolute atomic E-state index is 5.11. The van der Waals surface area contributed by atoms with Crippen molar-refractivity contribution in [2.45, 2.75) is 112 Å². The van der Waals surface area contributed by atoms with Crippen LogP contribution in [0.25, 0.3) is 0 Å². The monoisotopic (exact) mass is 446 g/mol. The molecule has 0 N–H and O–H groups in total. The van der Waals surface area contributed by atoms with Crippen molar-refractivity contribution in [1.29, 1.82) is 0 Å². The van der Waals surface area contributed by atoms with E-state index in [1.165, 1.54) is 47.9 Å². The average Bonchev–Trinajstić information content (AvgIpc) is 2.83. The largest absolute Gasteiger partial charge is 0.252 e. The second kappa shape index (κ2) is 14.8. The Balaban J connectivity index is 2.42. The van der Waals surface area contributed by atoms with Gasteiger partial charge in [-0.25, -0.2) is 0 Å². The fraction of sp³-hybridized carbons (Fsp3) is 0.548. The van der Waals surface area contributed by atoms with Crippen LogP contribution >= 0.6 is 0 Å². The van der Waals surface area contributed by atoms with Crippen LogP contribution in [0.2, 0.25) is 0 Å². The third kappa shape index (κ3) is 8.91. The number of benzene rings is 2.